The van der Waals surface area contributed by atoms with Crippen molar-refractivity contribution in [2.45, 2.75) is 18.4 Å². The average molecular weight is 256 g/mol. The van der Waals surface area contributed by atoms with E-state index in [0.717, 1.165) is 0 Å². The molecule has 1 fully saturated rings. The Labute approximate surface area is 104 Å². The summed E-state index contributed by atoms with van der Waals surface area (Å²) in [5.74, 6) is 0.228. The maximum Gasteiger partial charge on any atom is 0.245 e. The van der Waals surface area contributed by atoms with Crippen molar-refractivity contribution in [2.75, 3.05) is 18.5 Å². The highest BCUT2D eigenvalue weighted by Crippen LogP contribution is 2.20. The summed E-state index contributed by atoms with van der Waals surface area (Å²) in [5, 5.41) is 3.21. The van der Waals surface area contributed by atoms with E-state index < -0.39 is 5.54 Å². The predicted molar refractivity (Wildman–Crippen MR) is 64.8 cm³/mol. The van der Waals surface area contributed by atoms with Crippen molar-refractivity contribution < 1.29 is 9.53 Å². The van der Waals surface area contributed by atoms with Crippen molar-refractivity contribution in [1.82, 2.24) is 4.98 Å². The first kappa shape index (κ1) is 12.3. The fourth-order valence-corrected chi connectivity index (χ4v) is 1.77. The molecule has 1 amide bonds. The molecule has 0 bridgehead atoms. The molecule has 3 N–H and O–H groups in total. The van der Waals surface area contributed by atoms with Crippen LogP contribution in [0.2, 0.25) is 5.02 Å². The molecule has 0 radical (unpaired) electrons. The van der Waals surface area contributed by atoms with E-state index in [4.69, 9.17) is 22.1 Å². The number of amides is 1. The van der Waals surface area contributed by atoms with E-state index in [1.54, 1.807) is 12.1 Å². The van der Waals surface area contributed by atoms with Gasteiger partial charge in [0.15, 0.2) is 0 Å². The molecule has 92 valence electrons. The van der Waals surface area contributed by atoms with Gasteiger partial charge in [-0.2, -0.15) is 0 Å². The third-order valence-corrected chi connectivity index (χ3v) is 3.03. The Morgan fingerprint density at radius 1 is 1.47 bits per heavy atom. The molecule has 1 aliphatic heterocycles. The van der Waals surface area contributed by atoms with Gasteiger partial charge in [0, 0.05) is 19.4 Å². The number of nitrogens with one attached hydrogen (secondary N) is 1. The van der Waals surface area contributed by atoms with Crippen molar-refractivity contribution in [3.05, 3.63) is 23.4 Å². The van der Waals surface area contributed by atoms with Gasteiger partial charge in [-0.15, -0.1) is 0 Å². The number of halogens is 1. The highest BCUT2D eigenvalue weighted by atomic mass is 35.5. The zero-order valence-corrected chi connectivity index (χ0v) is 10.0. The van der Waals surface area contributed by atoms with E-state index in [0.29, 0.717) is 36.9 Å². The van der Waals surface area contributed by atoms with Crippen LogP contribution in [-0.2, 0) is 9.53 Å². The molecule has 0 unspecified atom stereocenters. The van der Waals surface area contributed by atoms with Crippen LogP contribution in [0.15, 0.2) is 18.3 Å². The first-order valence-corrected chi connectivity index (χ1v) is 5.78. The smallest absolute Gasteiger partial charge is 0.245 e. The predicted octanol–water partition coefficient (Wildman–Crippen LogP) is 1.18. The Morgan fingerprint density at radius 2 is 2.18 bits per heavy atom. The first-order valence-electron chi connectivity index (χ1n) is 5.40. The minimum Gasteiger partial charge on any atom is -0.381 e. The lowest BCUT2D eigenvalue weighted by molar-refractivity contribution is -0.124. The fraction of sp³-hybridized carbons (Fsp3) is 0.455. The normalized spacial score (nSPS) is 18.7. The van der Waals surface area contributed by atoms with E-state index in [1.165, 1.54) is 6.20 Å². The van der Waals surface area contributed by atoms with Gasteiger partial charge in [-0.1, -0.05) is 11.6 Å². The molecule has 0 atom stereocenters. The van der Waals surface area contributed by atoms with Gasteiger partial charge in [-0.25, -0.2) is 4.98 Å². The molecular formula is C11H14ClN3O2. The second-order valence-electron chi connectivity index (χ2n) is 4.08. The number of ether oxygens (including phenoxy) is 1. The minimum absolute atomic E-state index is 0.226. The summed E-state index contributed by atoms with van der Waals surface area (Å²) >= 11 is 5.71. The topological polar surface area (TPSA) is 77.2 Å². The number of carbonyl (C=O) groups is 1. The fourth-order valence-electron chi connectivity index (χ4n) is 1.65. The quantitative estimate of drug-likeness (QED) is 0.832. The van der Waals surface area contributed by atoms with Crippen molar-refractivity contribution in [2.24, 2.45) is 5.73 Å². The monoisotopic (exact) mass is 255 g/mol. The summed E-state index contributed by atoms with van der Waals surface area (Å²) in [7, 11) is 0. The van der Waals surface area contributed by atoms with Crippen molar-refractivity contribution in [3.63, 3.8) is 0 Å². The van der Waals surface area contributed by atoms with Gasteiger partial charge >= 0.3 is 0 Å². The molecule has 0 aromatic carbocycles. The molecule has 0 saturated carbocycles. The molecule has 2 rings (SSSR count). The lowest BCUT2D eigenvalue weighted by Crippen LogP contribution is -2.54. The lowest BCUT2D eigenvalue weighted by atomic mass is 9.90. The summed E-state index contributed by atoms with van der Waals surface area (Å²) in [5.41, 5.74) is 5.17. The Bertz CT molecular complexity index is 402. The van der Waals surface area contributed by atoms with Crippen LogP contribution in [0.25, 0.3) is 0 Å². The molecule has 1 aliphatic rings. The Balaban J connectivity index is 2.03. The van der Waals surface area contributed by atoms with Crippen LogP contribution in [0.3, 0.4) is 0 Å². The van der Waals surface area contributed by atoms with E-state index in [2.05, 4.69) is 10.3 Å². The van der Waals surface area contributed by atoms with Gasteiger partial charge in [0.25, 0.3) is 0 Å². The maximum atomic E-state index is 12.0. The summed E-state index contributed by atoms with van der Waals surface area (Å²) in [4.78, 5) is 16.0. The van der Waals surface area contributed by atoms with Gasteiger partial charge in [-0.05, 0) is 25.0 Å². The number of rotatable bonds is 2. The first-order chi connectivity index (χ1) is 8.10. The van der Waals surface area contributed by atoms with Crippen LogP contribution in [0.5, 0.6) is 0 Å². The molecular weight excluding hydrogens is 242 g/mol. The molecule has 1 aromatic heterocycles. The van der Waals surface area contributed by atoms with Crippen molar-refractivity contribution in [1.29, 1.82) is 0 Å². The highest BCUT2D eigenvalue weighted by molar-refractivity contribution is 6.30. The van der Waals surface area contributed by atoms with Crippen LogP contribution in [0.4, 0.5) is 5.82 Å². The second-order valence-corrected chi connectivity index (χ2v) is 4.52. The number of hydrogen-bond acceptors (Lipinski definition) is 4. The largest absolute Gasteiger partial charge is 0.381 e. The molecule has 2 heterocycles. The lowest BCUT2D eigenvalue weighted by Gasteiger charge is -2.31. The molecule has 6 heteroatoms. The SMILES string of the molecule is NC1(C(=O)Nc2ccc(Cl)cn2)CCOCC1. The Hall–Kier alpha value is -1.17. The van der Waals surface area contributed by atoms with E-state index >= 15 is 0 Å². The van der Waals surface area contributed by atoms with Crippen LogP contribution in [0, 0.1) is 0 Å². The standard InChI is InChI=1S/C11H14ClN3O2/c12-8-1-2-9(14-7-8)15-10(16)11(13)3-5-17-6-4-11/h1-2,7H,3-6,13H2,(H,14,15,16). The van der Waals surface area contributed by atoms with Crippen LogP contribution in [0.1, 0.15) is 12.8 Å². The second kappa shape index (κ2) is 5.00. The van der Waals surface area contributed by atoms with Gasteiger partial charge < -0.3 is 15.8 Å². The van der Waals surface area contributed by atoms with E-state index in [-0.39, 0.29) is 5.91 Å². The number of aromatic nitrogens is 1. The van der Waals surface area contributed by atoms with E-state index in [9.17, 15) is 4.79 Å². The summed E-state index contributed by atoms with van der Waals surface area (Å²) in [6.45, 7) is 1.02. The van der Waals surface area contributed by atoms with Gasteiger partial charge in [0.1, 0.15) is 11.4 Å². The maximum absolute atomic E-state index is 12.0. The van der Waals surface area contributed by atoms with Gasteiger partial charge in [0.2, 0.25) is 5.91 Å². The molecule has 0 spiro atoms. The third-order valence-electron chi connectivity index (χ3n) is 2.81. The Kier molecular flexibility index (Phi) is 3.61. The summed E-state index contributed by atoms with van der Waals surface area (Å²) < 4.78 is 5.19. The zero-order chi connectivity index (χ0) is 12.3. The van der Waals surface area contributed by atoms with Crippen LogP contribution in [-0.4, -0.2) is 29.6 Å². The molecule has 17 heavy (non-hydrogen) atoms. The van der Waals surface area contributed by atoms with E-state index in [1.807, 2.05) is 0 Å². The molecule has 1 saturated heterocycles. The van der Waals surface area contributed by atoms with Crippen molar-refractivity contribution in [3.8, 4) is 0 Å². The number of hydrogen-bond donors (Lipinski definition) is 2. The Morgan fingerprint density at radius 3 is 2.76 bits per heavy atom. The molecule has 5 nitrogen and oxygen atoms in total. The molecule has 1 aromatic rings. The number of nitrogens with zero attached hydrogens (tertiary/aromatic N) is 1. The number of nitrogens with two attached hydrogens (primary N) is 1. The third kappa shape index (κ3) is 2.94. The van der Waals surface area contributed by atoms with Crippen LogP contribution >= 0.6 is 11.6 Å². The summed E-state index contributed by atoms with van der Waals surface area (Å²) in [6, 6.07) is 3.31. The number of pyridine rings is 1. The summed E-state index contributed by atoms with van der Waals surface area (Å²) in [6.07, 6.45) is 2.52. The van der Waals surface area contributed by atoms with Crippen molar-refractivity contribution >= 4 is 23.3 Å². The number of carbonyl (C=O) groups excluding carboxylic acids is 1. The van der Waals surface area contributed by atoms with Crippen LogP contribution < -0.4 is 11.1 Å². The zero-order valence-electron chi connectivity index (χ0n) is 9.28. The molecule has 0 aliphatic carbocycles. The minimum atomic E-state index is -0.862. The van der Waals surface area contributed by atoms with Gasteiger partial charge in [-0.3, -0.25) is 4.79 Å². The van der Waals surface area contributed by atoms with Gasteiger partial charge in [0.05, 0.1) is 5.02 Å². The number of anilines is 1. The average Bonchev–Trinajstić information content (AvgIpc) is 2.33. The highest BCUT2D eigenvalue weighted by Gasteiger charge is 2.36.